The van der Waals surface area contributed by atoms with Crippen LogP contribution in [-0.2, 0) is 0 Å². The SMILES string of the molecule is Cc1nc(-c2cccc(OCCN)c2)nc(C(C)C)n1. The second kappa shape index (κ2) is 6.43. The minimum absolute atomic E-state index is 0.270. The highest BCUT2D eigenvalue weighted by Gasteiger charge is 2.09. The number of nitrogens with zero attached hydrogens (tertiary/aromatic N) is 3. The van der Waals surface area contributed by atoms with E-state index < -0.39 is 0 Å². The quantitative estimate of drug-likeness (QED) is 0.904. The maximum Gasteiger partial charge on any atom is 0.163 e. The molecule has 0 atom stereocenters. The average molecular weight is 272 g/mol. The Kier molecular flexibility index (Phi) is 4.63. The predicted octanol–water partition coefficient (Wildman–Crippen LogP) is 2.31. The van der Waals surface area contributed by atoms with Crippen LogP contribution in [0.5, 0.6) is 5.75 Å². The van der Waals surface area contributed by atoms with Crippen LogP contribution in [0.2, 0.25) is 0 Å². The Hall–Kier alpha value is -2.01. The fourth-order valence-electron chi connectivity index (χ4n) is 1.79. The first-order valence-corrected chi connectivity index (χ1v) is 6.76. The van der Waals surface area contributed by atoms with Crippen molar-refractivity contribution in [3.8, 4) is 17.1 Å². The van der Waals surface area contributed by atoms with Crippen LogP contribution < -0.4 is 10.5 Å². The average Bonchev–Trinajstić information content (AvgIpc) is 2.44. The van der Waals surface area contributed by atoms with Crippen LogP contribution in [-0.4, -0.2) is 28.1 Å². The third kappa shape index (κ3) is 3.51. The molecule has 0 saturated carbocycles. The van der Waals surface area contributed by atoms with E-state index in [0.717, 1.165) is 23.0 Å². The summed E-state index contributed by atoms with van der Waals surface area (Å²) in [4.78, 5) is 13.3. The zero-order valence-electron chi connectivity index (χ0n) is 12.1. The zero-order chi connectivity index (χ0) is 14.5. The van der Waals surface area contributed by atoms with Gasteiger partial charge in [0.1, 0.15) is 24.0 Å². The summed E-state index contributed by atoms with van der Waals surface area (Å²) < 4.78 is 5.53. The molecule has 5 nitrogen and oxygen atoms in total. The van der Waals surface area contributed by atoms with Crippen LogP contribution in [0.15, 0.2) is 24.3 Å². The van der Waals surface area contributed by atoms with E-state index in [1.807, 2.05) is 31.2 Å². The highest BCUT2D eigenvalue weighted by Crippen LogP contribution is 2.22. The molecule has 0 aliphatic heterocycles. The van der Waals surface area contributed by atoms with Gasteiger partial charge in [0.15, 0.2) is 5.82 Å². The van der Waals surface area contributed by atoms with Crippen molar-refractivity contribution in [2.75, 3.05) is 13.2 Å². The smallest absolute Gasteiger partial charge is 0.163 e. The molecule has 0 saturated heterocycles. The van der Waals surface area contributed by atoms with E-state index in [1.54, 1.807) is 0 Å². The van der Waals surface area contributed by atoms with Crippen molar-refractivity contribution < 1.29 is 4.74 Å². The van der Waals surface area contributed by atoms with Gasteiger partial charge >= 0.3 is 0 Å². The number of hydrogen-bond acceptors (Lipinski definition) is 5. The highest BCUT2D eigenvalue weighted by molar-refractivity contribution is 5.57. The van der Waals surface area contributed by atoms with Crippen LogP contribution in [0, 0.1) is 6.92 Å². The molecule has 0 bridgehead atoms. The lowest BCUT2D eigenvalue weighted by atomic mass is 10.1. The Morgan fingerprint density at radius 3 is 2.70 bits per heavy atom. The Bertz CT molecular complexity index is 584. The summed E-state index contributed by atoms with van der Waals surface area (Å²) in [6, 6.07) is 7.72. The highest BCUT2D eigenvalue weighted by atomic mass is 16.5. The summed E-state index contributed by atoms with van der Waals surface area (Å²) in [6.07, 6.45) is 0. The van der Waals surface area contributed by atoms with Crippen LogP contribution in [0.25, 0.3) is 11.4 Å². The first kappa shape index (κ1) is 14.4. The van der Waals surface area contributed by atoms with Gasteiger partial charge in [0.05, 0.1) is 0 Å². The van der Waals surface area contributed by atoms with E-state index in [9.17, 15) is 0 Å². The molecule has 0 amide bonds. The van der Waals surface area contributed by atoms with Crippen LogP contribution in [0.1, 0.15) is 31.4 Å². The molecule has 0 fully saturated rings. The number of hydrogen-bond donors (Lipinski definition) is 1. The van der Waals surface area contributed by atoms with Crippen LogP contribution in [0.4, 0.5) is 0 Å². The van der Waals surface area contributed by atoms with E-state index in [2.05, 4.69) is 28.8 Å². The minimum Gasteiger partial charge on any atom is -0.492 e. The molecule has 2 N–H and O–H groups in total. The lowest BCUT2D eigenvalue weighted by molar-refractivity contribution is 0.328. The van der Waals surface area contributed by atoms with E-state index >= 15 is 0 Å². The molecule has 1 heterocycles. The summed E-state index contributed by atoms with van der Waals surface area (Å²) in [6.45, 7) is 7.01. The van der Waals surface area contributed by atoms with Crippen molar-refractivity contribution in [2.45, 2.75) is 26.7 Å². The molecule has 0 aliphatic rings. The monoisotopic (exact) mass is 272 g/mol. The molecule has 1 aromatic heterocycles. The van der Waals surface area contributed by atoms with E-state index in [1.165, 1.54) is 0 Å². The first-order chi connectivity index (χ1) is 9.60. The lowest BCUT2D eigenvalue weighted by Crippen LogP contribution is -2.10. The van der Waals surface area contributed by atoms with Gasteiger partial charge in [-0.2, -0.15) is 0 Å². The van der Waals surface area contributed by atoms with Crippen molar-refractivity contribution in [3.63, 3.8) is 0 Å². The summed E-state index contributed by atoms with van der Waals surface area (Å²) in [7, 11) is 0. The van der Waals surface area contributed by atoms with Crippen molar-refractivity contribution in [3.05, 3.63) is 35.9 Å². The molecule has 20 heavy (non-hydrogen) atoms. The number of rotatable bonds is 5. The number of aromatic nitrogens is 3. The van der Waals surface area contributed by atoms with Gasteiger partial charge in [0.2, 0.25) is 0 Å². The Balaban J connectivity index is 2.35. The molecule has 0 spiro atoms. The molecule has 1 aromatic carbocycles. The molecule has 2 aromatic rings. The van der Waals surface area contributed by atoms with Crippen molar-refractivity contribution in [2.24, 2.45) is 5.73 Å². The Morgan fingerprint density at radius 1 is 1.20 bits per heavy atom. The topological polar surface area (TPSA) is 73.9 Å². The third-order valence-electron chi connectivity index (χ3n) is 2.76. The maximum absolute atomic E-state index is 5.53. The molecule has 0 radical (unpaired) electrons. The number of ether oxygens (including phenoxy) is 1. The van der Waals surface area contributed by atoms with Crippen LogP contribution in [0.3, 0.4) is 0 Å². The van der Waals surface area contributed by atoms with Crippen molar-refractivity contribution >= 4 is 0 Å². The molecule has 0 unspecified atom stereocenters. The fraction of sp³-hybridized carbons (Fsp3) is 0.400. The van der Waals surface area contributed by atoms with E-state index in [0.29, 0.717) is 19.0 Å². The fourth-order valence-corrected chi connectivity index (χ4v) is 1.79. The van der Waals surface area contributed by atoms with Gasteiger partial charge in [-0.05, 0) is 19.1 Å². The Labute approximate surface area is 119 Å². The van der Waals surface area contributed by atoms with Gasteiger partial charge < -0.3 is 10.5 Å². The summed E-state index contributed by atoms with van der Waals surface area (Å²) in [5.41, 5.74) is 6.36. The number of nitrogens with two attached hydrogens (primary N) is 1. The van der Waals surface area contributed by atoms with Crippen LogP contribution >= 0.6 is 0 Å². The largest absolute Gasteiger partial charge is 0.492 e. The third-order valence-corrected chi connectivity index (χ3v) is 2.76. The zero-order valence-corrected chi connectivity index (χ0v) is 12.1. The molecule has 5 heteroatoms. The summed E-state index contributed by atoms with van der Waals surface area (Å²) in [5.74, 6) is 3.26. The summed E-state index contributed by atoms with van der Waals surface area (Å²) >= 11 is 0. The van der Waals surface area contributed by atoms with E-state index in [4.69, 9.17) is 10.5 Å². The molecule has 2 rings (SSSR count). The molecular formula is C15H20N4O. The van der Waals surface area contributed by atoms with Gasteiger partial charge in [-0.1, -0.05) is 26.0 Å². The van der Waals surface area contributed by atoms with Gasteiger partial charge in [-0.3, -0.25) is 0 Å². The van der Waals surface area contributed by atoms with Gasteiger partial charge in [0, 0.05) is 18.0 Å². The number of benzene rings is 1. The van der Waals surface area contributed by atoms with Crippen molar-refractivity contribution in [1.29, 1.82) is 0 Å². The second-order valence-electron chi connectivity index (χ2n) is 4.88. The number of aryl methyl sites for hydroxylation is 1. The molecule has 0 aliphatic carbocycles. The normalized spacial score (nSPS) is 10.8. The first-order valence-electron chi connectivity index (χ1n) is 6.76. The van der Waals surface area contributed by atoms with Crippen molar-refractivity contribution in [1.82, 2.24) is 15.0 Å². The maximum atomic E-state index is 5.53. The molecular weight excluding hydrogens is 252 g/mol. The van der Waals surface area contributed by atoms with Gasteiger partial charge in [-0.15, -0.1) is 0 Å². The summed E-state index contributed by atoms with van der Waals surface area (Å²) in [5, 5.41) is 0. The van der Waals surface area contributed by atoms with Gasteiger partial charge in [-0.25, -0.2) is 15.0 Å². The Morgan fingerprint density at radius 2 is 2.00 bits per heavy atom. The standard InChI is InChI=1S/C15H20N4O/c1-10(2)14-17-11(3)18-15(19-14)12-5-4-6-13(9-12)20-8-7-16/h4-6,9-10H,7-8,16H2,1-3H3. The van der Waals surface area contributed by atoms with E-state index in [-0.39, 0.29) is 5.92 Å². The predicted molar refractivity (Wildman–Crippen MR) is 78.6 cm³/mol. The minimum atomic E-state index is 0.270. The second-order valence-corrected chi connectivity index (χ2v) is 4.88. The lowest BCUT2D eigenvalue weighted by Gasteiger charge is -2.09. The molecule has 106 valence electrons. The van der Waals surface area contributed by atoms with Gasteiger partial charge in [0.25, 0.3) is 0 Å².